The zero-order valence-electron chi connectivity index (χ0n) is 27.6. The Morgan fingerprint density at radius 1 is 0.848 bits per heavy atom. The second-order valence-corrected chi connectivity index (χ2v) is 12.4. The standard InChI is InChI=1S/C33H58O12S/c1-3-5-7-9-11-12-13-14-15-16-17-18-20-22-29(35)43-27(25-41-23-21-19-10-8-6-4-2)26-42-33-31(37)32(45-46(38,39)40)30(36)28(24-34)44-33/h5,7,11-12,14-15,27-28,30-34,36-37H,3-4,6,8-10,13,16-26H2,1-2H3,(H,38,39,40)/b7-5-,12-11-,15-14-. The van der Waals surface area contributed by atoms with Gasteiger partial charge in [-0.2, -0.15) is 8.42 Å². The van der Waals surface area contributed by atoms with Crippen LogP contribution in [0.15, 0.2) is 36.5 Å². The number of allylic oxidation sites excluding steroid dienone is 6. The molecule has 0 bridgehead atoms. The highest BCUT2D eigenvalue weighted by atomic mass is 32.3. The molecule has 0 aromatic rings. The Kier molecular flexibility index (Phi) is 24.2. The van der Waals surface area contributed by atoms with E-state index >= 15 is 0 Å². The van der Waals surface area contributed by atoms with Gasteiger partial charge in [0.05, 0.1) is 19.8 Å². The molecule has 1 aliphatic heterocycles. The van der Waals surface area contributed by atoms with Gasteiger partial charge in [0.1, 0.15) is 30.5 Å². The number of carbonyl (C=O) groups is 1. The Morgan fingerprint density at radius 3 is 2.17 bits per heavy atom. The predicted molar refractivity (Wildman–Crippen MR) is 174 cm³/mol. The van der Waals surface area contributed by atoms with Gasteiger partial charge >= 0.3 is 16.4 Å². The number of carbonyl (C=O) groups excluding carboxylic acids is 1. The zero-order valence-corrected chi connectivity index (χ0v) is 28.4. The van der Waals surface area contributed by atoms with Crippen LogP contribution in [-0.4, -0.2) is 97.5 Å². The summed E-state index contributed by atoms with van der Waals surface area (Å²) in [6, 6.07) is 0. The van der Waals surface area contributed by atoms with Gasteiger partial charge in [-0.3, -0.25) is 9.35 Å². The Bertz CT molecular complexity index is 968. The topological polar surface area (TPSA) is 178 Å². The van der Waals surface area contributed by atoms with E-state index < -0.39 is 59.8 Å². The van der Waals surface area contributed by atoms with Gasteiger partial charge in [0.2, 0.25) is 0 Å². The van der Waals surface area contributed by atoms with E-state index in [1.807, 2.05) is 0 Å². The molecule has 6 unspecified atom stereocenters. The summed E-state index contributed by atoms with van der Waals surface area (Å²) in [5.74, 6) is -0.434. The molecule has 1 rings (SSSR count). The van der Waals surface area contributed by atoms with E-state index in [-0.39, 0.29) is 19.6 Å². The van der Waals surface area contributed by atoms with Gasteiger partial charge in [0.15, 0.2) is 6.29 Å². The van der Waals surface area contributed by atoms with Crippen molar-refractivity contribution in [1.29, 1.82) is 0 Å². The molecule has 268 valence electrons. The molecule has 6 atom stereocenters. The third-order valence-corrected chi connectivity index (χ3v) is 7.74. The quantitative estimate of drug-likeness (QED) is 0.0407. The number of aliphatic hydroxyl groups is 3. The van der Waals surface area contributed by atoms with E-state index in [0.717, 1.165) is 64.2 Å². The number of esters is 1. The van der Waals surface area contributed by atoms with Gasteiger partial charge in [-0.1, -0.05) is 88.8 Å². The predicted octanol–water partition coefficient (Wildman–Crippen LogP) is 4.73. The van der Waals surface area contributed by atoms with E-state index in [2.05, 4.69) is 54.5 Å². The van der Waals surface area contributed by atoms with E-state index in [4.69, 9.17) is 23.5 Å². The summed E-state index contributed by atoms with van der Waals surface area (Å²) in [6.45, 7) is 3.72. The van der Waals surface area contributed by atoms with E-state index in [1.165, 1.54) is 12.8 Å². The SMILES string of the molecule is CC/C=C\C/C=C\C/C=C\CCCCCC(=O)OC(COCCCCCCCC)COC1OC(CO)C(O)C(OS(=O)(=O)O)C1O. The Labute approximate surface area is 275 Å². The molecule has 0 amide bonds. The van der Waals surface area contributed by atoms with Crippen LogP contribution in [0.4, 0.5) is 0 Å². The van der Waals surface area contributed by atoms with Crippen LogP contribution < -0.4 is 0 Å². The zero-order chi connectivity index (χ0) is 34.0. The van der Waals surface area contributed by atoms with Crippen LogP contribution in [0.5, 0.6) is 0 Å². The maximum Gasteiger partial charge on any atom is 0.397 e. The Hall–Kier alpha value is -1.68. The van der Waals surface area contributed by atoms with Crippen LogP contribution >= 0.6 is 0 Å². The normalized spacial score (nSPS) is 23.1. The lowest BCUT2D eigenvalue weighted by Gasteiger charge is -2.41. The molecule has 13 heteroatoms. The molecule has 1 saturated heterocycles. The Balaban J connectivity index is 2.58. The summed E-state index contributed by atoms with van der Waals surface area (Å²) in [4.78, 5) is 12.6. The molecule has 0 radical (unpaired) electrons. The fourth-order valence-corrected chi connectivity index (χ4v) is 5.25. The van der Waals surface area contributed by atoms with Crippen molar-refractivity contribution < 1.29 is 56.2 Å². The van der Waals surface area contributed by atoms with Crippen molar-refractivity contribution in [3.8, 4) is 0 Å². The molecule has 0 aromatic heterocycles. The van der Waals surface area contributed by atoms with Crippen LogP contribution in [-0.2, 0) is 38.3 Å². The molecule has 46 heavy (non-hydrogen) atoms. The van der Waals surface area contributed by atoms with Crippen molar-refractivity contribution in [2.75, 3.05) is 26.4 Å². The van der Waals surface area contributed by atoms with Crippen molar-refractivity contribution in [2.24, 2.45) is 0 Å². The highest BCUT2D eigenvalue weighted by molar-refractivity contribution is 7.80. The lowest BCUT2D eigenvalue weighted by atomic mass is 9.99. The minimum Gasteiger partial charge on any atom is -0.457 e. The first-order valence-corrected chi connectivity index (χ1v) is 18.1. The van der Waals surface area contributed by atoms with E-state index in [9.17, 15) is 28.5 Å². The average molecular weight is 679 g/mol. The lowest BCUT2D eigenvalue weighted by molar-refractivity contribution is -0.301. The van der Waals surface area contributed by atoms with Gasteiger partial charge in [-0.05, 0) is 44.9 Å². The molecule has 0 aliphatic carbocycles. The molecular weight excluding hydrogens is 620 g/mol. The van der Waals surface area contributed by atoms with Crippen molar-refractivity contribution in [3.05, 3.63) is 36.5 Å². The van der Waals surface area contributed by atoms with Gasteiger partial charge < -0.3 is 34.3 Å². The summed E-state index contributed by atoms with van der Waals surface area (Å²) in [7, 11) is -5.05. The van der Waals surface area contributed by atoms with Crippen molar-refractivity contribution >= 4 is 16.4 Å². The summed E-state index contributed by atoms with van der Waals surface area (Å²) in [6.07, 6.45) is 16.6. The minimum absolute atomic E-state index is 0.0225. The van der Waals surface area contributed by atoms with Crippen molar-refractivity contribution in [1.82, 2.24) is 0 Å². The summed E-state index contributed by atoms with van der Waals surface area (Å²) in [5, 5.41) is 30.3. The number of rotatable bonds is 27. The summed E-state index contributed by atoms with van der Waals surface area (Å²) in [5.41, 5.74) is 0. The number of hydrogen-bond acceptors (Lipinski definition) is 11. The maximum absolute atomic E-state index is 12.6. The third-order valence-electron chi connectivity index (χ3n) is 7.28. The number of ether oxygens (including phenoxy) is 4. The first-order valence-electron chi connectivity index (χ1n) is 16.7. The summed E-state index contributed by atoms with van der Waals surface area (Å²) < 4.78 is 58.3. The van der Waals surface area contributed by atoms with Gasteiger partial charge in [-0.15, -0.1) is 0 Å². The molecule has 0 spiro atoms. The van der Waals surface area contributed by atoms with Crippen LogP contribution in [0.3, 0.4) is 0 Å². The molecule has 4 N–H and O–H groups in total. The lowest BCUT2D eigenvalue weighted by Crippen LogP contribution is -2.60. The van der Waals surface area contributed by atoms with E-state index in [0.29, 0.717) is 13.0 Å². The molecule has 0 saturated carbocycles. The fourth-order valence-electron chi connectivity index (χ4n) is 4.74. The average Bonchev–Trinajstić information content (AvgIpc) is 3.01. The van der Waals surface area contributed by atoms with Crippen LogP contribution in [0.25, 0.3) is 0 Å². The summed E-state index contributed by atoms with van der Waals surface area (Å²) >= 11 is 0. The molecule has 1 fully saturated rings. The molecule has 1 heterocycles. The second-order valence-electron chi connectivity index (χ2n) is 11.4. The van der Waals surface area contributed by atoms with Gasteiger partial charge in [0.25, 0.3) is 0 Å². The third kappa shape index (κ3) is 20.5. The van der Waals surface area contributed by atoms with Gasteiger partial charge in [-0.25, -0.2) is 4.18 Å². The van der Waals surface area contributed by atoms with Gasteiger partial charge in [0, 0.05) is 13.0 Å². The Morgan fingerprint density at radius 2 is 1.50 bits per heavy atom. The number of hydrogen-bond donors (Lipinski definition) is 4. The van der Waals surface area contributed by atoms with E-state index in [1.54, 1.807) is 0 Å². The number of unbranched alkanes of at least 4 members (excludes halogenated alkanes) is 8. The largest absolute Gasteiger partial charge is 0.457 e. The smallest absolute Gasteiger partial charge is 0.397 e. The van der Waals surface area contributed by atoms with Crippen LogP contribution in [0, 0.1) is 0 Å². The molecule has 12 nitrogen and oxygen atoms in total. The maximum atomic E-state index is 12.6. The second kappa shape index (κ2) is 26.3. The monoisotopic (exact) mass is 678 g/mol. The molecule has 0 aromatic carbocycles. The minimum atomic E-state index is -5.05. The highest BCUT2D eigenvalue weighted by Crippen LogP contribution is 2.26. The number of aliphatic hydroxyl groups excluding tert-OH is 3. The first kappa shape index (κ1) is 42.3. The fraction of sp³-hybridized carbons (Fsp3) is 0.788. The van der Waals surface area contributed by atoms with Crippen LogP contribution in [0.2, 0.25) is 0 Å². The highest BCUT2D eigenvalue weighted by Gasteiger charge is 2.48. The molecular formula is C33H58O12S. The van der Waals surface area contributed by atoms with Crippen molar-refractivity contribution in [3.63, 3.8) is 0 Å². The molecule has 1 aliphatic rings. The first-order chi connectivity index (χ1) is 22.1. The van der Waals surface area contributed by atoms with Crippen molar-refractivity contribution in [2.45, 2.75) is 141 Å². The van der Waals surface area contributed by atoms with Crippen LogP contribution in [0.1, 0.15) is 104 Å².